The summed E-state index contributed by atoms with van der Waals surface area (Å²) in [6.45, 7) is 2.87. The van der Waals surface area contributed by atoms with Crippen LogP contribution in [0.15, 0.2) is 18.5 Å². The van der Waals surface area contributed by atoms with Crippen molar-refractivity contribution in [2.75, 3.05) is 26.3 Å². The SMILES string of the molecule is O=C(c1cc(F)c2nc(C3CCOC3)cn2c1)N1CCCCCC1. The summed E-state index contributed by atoms with van der Waals surface area (Å²) < 4.78 is 21.5. The molecular formula is C18H22FN3O2. The van der Waals surface area contributed by atoms with E-state index in [0.29, 0.717) is 12.2 Å². The average Bonchev–Trinajstić information content (AvgIpc) is 3.18. The van der Waals surface area contributed by atoms with Gasteiger partial charge in [-0.25, -0.2) is 9.37 Å². The van der Waals surface area contributed by atoms with Gasteiger partial charge >= 0.3 is 0 Å². The molecule has 2 aliphatic heterocycles. The van der Waals surface area contributed by atoms with E-state index in [9.17, 15) is 9.18 Å². The highest BCUT2D eigenvalue weighted by Gasteiger charge is 2.23. The van der Waals surface area contributed by atoms with Gasteiger partial charge in [-0.2, -0.15) is 0 Å². The number of hydrogen-bond donors (Lipinski definition) is 0. The third-order valence-electron chi connectivity index (χ3n) is 5.01. The van der Waals surface area contributed by atoms with Crippen molar-refractivity contribution in [3.05, 3.63) is 35.5 Å². The zero-order valence-electron chi connectivity index (χ0n) is 13.7. The van der Waals surface area contributed by atoms with Crippen molar-refractivity contribution in [3.8, 4) is 0 Å². The monoisotopic (exact) mass is 331 g/mol. The molecule has 5 nitrogen and oxygen atoms in total. The van der Waals surface area contributed by atoms with Crippen molar-refractivity contribution < 1.29 is 13.9 Å². The molecule has 0 aromatic carbocycles. The molecule has 0 N–H and O–H groups in total. The summed E-state index contributed by atoms with van der Waals surface area (Å²) in [5.74, 6) is -0.313. The summed E-state index contributed by atoms with van der Waals surface area (Å²) in [6, 6.07) is 1.32. The third-order valence-corrected chi connectivity index (χ3v) is 5.01. The van der Waals surface area contributed by atoms with Crippen molar-refractivity contribution in [3.63, 3.8) is 0 Å². The lowest BCUT2D eigenvalue weighted by Gasteiger charge is -2.20. The molecule has 2 aromatic heterocycles. The summed E-state index contributed by atoms with van der Waals surface area (Å²) in [5, 5.41) is 0. The van der Waals surface area contributed by atoms with Crippen LogP contribution >= 0.6 is 0 Å². The average molecular weight is 331 g/mol. The normalized spacial score (nSPS) is 22.0. The maximum atomic E-state index is 14.5. The number of amides is 1. The first-order chi connectivity index (χ1) is 11.7. The Morgan fingerprint density at radius 2 is 2.00 bits per heavy atom. The molecule has 6 heteroatoms. The van der Waals surface area contributed by atoms with E-state index in [1.807, 2.05) is 11.1 Å². The van der Waals surface area contributed by atoms with E-state index in [1.165, 1.54) is 6.07 Å². The highest BCUT2D eigenvalue weighted by Crippen LogP contribution is 2.26. The number of rotatable bonds is 2. The van der Waals surface area contributed by atoms with E-state index < -0.39 is 5.82 Å². The molecule has 0 aliphatic carbocycles. The number of nitrogens with zero attached hydrogens (tertiary/aromatic N) is 3. The van der Waals surface area contributed by atoms with Crippen molar-refractivity contribution >= 4 is 11.6 Å². The molecule has 0 saturated carbocycles. The number of fused-ring (bicyclic) bond motifs is 1. The number of pyridine rings is 1. The predicted octanol–water partition coefficient (Wildman–Crippen LogP) is 2.99. The Balaban J connectivity index is 1.64. The minimum atomic E-state index is -0.444. The van der Waals surface area contributed by atoms with Crippen molar-refractivity contribution in [2.45, 2.75) is 38.0 Å². The summed E-state index contributed by atoms with van der Waals surface area (Å²) in [7, 11) is 0. The Labute approximate surface area is 140 Å². The van der Waals surface area contributed by atoms with Gasteiger partial charge in [0.2, 0.25) is 0 Å². The molecule has 0 radical (unpaired) electrons. The number of likely N-dealkylation sites (tertiary alicyclic amines) is 1. The molecule has 2 aromatic rings. The van der Waals surface area contributed by atoms with Gasteiger partial charge in [0.25, 0.3) is 5.91 Å². The Morgan fingerprint density at radius 1 is 1.21 bits per heavy atom. The van der Waals surface area contributed by atoms with Gasteiger partial charge in [-0.05, 0) is 25.3 Å². The number of ether oxygens (including phenoxy) is 1. The molecule has 128 valence electrons. The van der Waals surface area contributed by atoms with Gasteiger partial charge < -0.3 is 14.0 Å². The second-order valence-electron chi connectivity index (χ2n) is 6.74. The van der Waals surface area contributed by atoms with Gasteiger partial charge in [0.15, 0.2) is 11.5 Å². The Hall–Kier alpha value is -1.95. The molecule has 2 aliphatic rings. The maximum Gasteiger partial charge on any atom is 0.255 e. The summed E-state index contributed by atoms with van der Waals surface area (Å²) in [4.78, 5) is 19.0. The van der Waals surface area contributed by atoms with E-state index >= 15 is 0 Å². The topological polar surface area (TPSA) is 46.8 Å². The van der Waals surface area contributed by atoms with Gasteiger partial charge in [-0.3, -0.25) is 4.79 Å². The number of carbonyl (C=O) groups excluding carboxylic acids is 1. The molecule has 1 unspecified atom stereocenters. The first-order valence-corrected chi connectivity index (χ1v) is 8.77. The van der Waals surface area contributed by atoms with Crippen LogP contribution in [0.4, 0.5) is 4.39 Å². The second-order valence-corrected chi connectivity index (χ2v) is 6.74. The van der Waals surface area contributed by atoms with Crippen molar-refractivity contribution in [1.29, 1.82) is 0 Å². The lowest BCUT2D eigenvalue weighted by molar-refractivity contribution is 0.0760. The predicted molar refractivity (Wildman–Crippen MR) is 87.7 cm³/mol. The van der Waals surface area contributed by atoms with Gasteiger partial charge in [0.05, 0.1) is 17.9 Å². The molecule has 2 fully saturated rings. The second kappa shape index (κ2) is 6.51. The molecule has 1 amide bonds. The molecule has 4 heterocycles. The van der Waals surface area contributed by atoms with Crippen LogP contribution < -0.4 is 0 Å². The smallest absolute Gasteiger partial charge is 0.255 e. The Morgan fingerprint density at radius 3 is 2.71 bits per heavy atom. The number of halogens is 1. The third kappa shape index (κ3) is 2.90. The van der Waals surface area contributed by atoms with Crippen LogP contribution in [0.2, 0.25) is 0 Å². The van der Waals surface area contributed by atoms with E-state index in [4.69, 9.17) is 4.74 Å². The largest absolute Gasteiger partial charge is 0.381 e. The molecule has 2 saturated heterocycles. The molecule has 0 spiro atoms. The van der Waals surface area contributed by atoms with Gasteiger partial charge in [-0.1, -0.05) is 12.8 Å². The fourth-order valence-electron chi connectivity index (χ4n) is 3.61. The summed E-state index contributed by atoms with van der Waals surface area (Å²) in [6.07, 6.45) is 8.80. The fourth-order valence-corrected chi connectivity index (χ4v) is 3.61. The molecule has 0 bridgehead atoms. The summed E-state index contributed by atoms with van der Waals surface area (Å²) >= 11 is 0. The van der Waals surface area contributed by atoms with E-state index in [1.54, 1.807) is 10.6 Å². The van der Waals surface area contributed by atoms with Crippen LogP contribution in [-0.2, 0) is 4.74 Å². The lowest BCUT2D eigenvalue weighted by atomic mass is 10.1. The minimum Gasteiger partial charge on any atom is -0.381 e. The molecule has 1 atom stereocenters. The van der Waals surface area contributed by atoms with Crippen LogP contribution in [0, 0.1) is 5.82 Å². The maximum absolute atomic E-state index is 14.5. The standard InChI is InChI=1S/C18H22FN3O2/c19-15-9-14(18(23)21-6-3-1-2-4-7-21)10-22-11-16(20-17(15)22)13-5-8-24-12-13/h9-11,13H,1-8,12H2. The van der Waals surface area contributed by atoms with Gasteiger partial charge in [0.1, 0.15) is 0 Å². The van der Waals surface area contributed by atoms with E-state index in [2.05, 4.69) is 4.98 Å². The first-order valence-electron chi connectivity index (χ1n) is 8.77. The zero-order valence-corrected chi connectivity index (χ0v) is 13.7. The number of aromatic nitrogens is 2. The summed E-state index contributed by atoms with van der Waals surface area (Å²) in [5.41, 5.74) is 1.52. The van der Waals surface area contributed by atoms with Crippen LogP contribution in [0.5, 0.6) is 0 Å². The molecular weight excluding hydrogens is 309 g/mol. The van der Waals surface area contributed by atoms with Crippen LogP contribution in [-0.4, -0.2) is 46.5 Å². The Kier molecular flexibility index (Phi) is 4.22. The van der Waals surface area contributed by atoms with Crippen molar-refractivity contribution in [1.82, 2.24) is 14.3 Å². The minimum absolute atomic E-state index is 0.0860. The van der Waals surface area contributed by atoms with Crippen LogP contribution in [0.25, 0.3) is 5.65 Å². The highest BCUT2D eigenvalue weighted by atomic mass is 19.1. The van der Waals surface area contributed by atoms with Crippen molar-refractivity contribution in [2.24, 2.45) is 0 Å². The highest BCUT2D eigenvalue weighted by molar-refractivity contribution is 5.94. The number of imidazole rings is 1. The number of carbonyl (C=O) groups is 1. The number of hydrogen-bond acceptors (Lipinski definition) is 3. The van der Waals surface area contributed by atoms with Gasteiger partial charge in [0, 0.05) is 38.0 Å². The first kappa shape index (κ1) is 15.6. The van der Waals surface area contributed by atoms with E-state index in [-0.39, 0.29) is 17.5 Å². The molecule has 24 heavy (non-hydrogen) atoms. The van der Waals surface area contributed by atoms with E-state index in [0.717, 1.165) is 57.5 Å². The molecule has 4 rings (SSSR count). The zero-order chi connectivity index (χ0) is 16.5. The van der Waals surface area contributed by atoms with Crippen LogP contribution in [0.1, 0.15) is 54.1 Å². The van der Waals surface area contributed by atoms with Gasteiger partial charge in [-0.15, -0.1) is 0 Å². The Bertz CT molecular complexity index is 744. The van der Waals surface area contributed by atoms with Crippen LogP contribution in [0.3, 0.4) is 0 Å². The quantitative estimate of drug-likeness (QED) is 0.850. The lowest BCUT2D eigenvalue weighted by Crippen LogP contribution is -2.32. The fraction of sp³-hybridized carbons (Fsp3) is 0.556.